The van der Waals surface area contributed by atoms with Gasteiger partial charge in [0.2, 0.25) is 0 Å². The summed E-state index contributed by atoms with van der Waals surface area (Å²) in [5.41, 5.74) is 1.07. The van der Waals surface area contributed by atoms with E-state index in [0.29, 0.717) is 12.0 Å². The summed E-state index contributed by atoms with van der Waals surface area (Å²) in [7, 11) is 0. The molecular weight excluding hydrogens is 299 g/mol. The van der Waals surface area contributed by atoms with Crippen molar-refractivity contribution < 1.29 is 14.6 Å². The molecule has 0 aromatic heterocycles. The van der Waals surface area contributed by atoms with Crippen molar-refractivity contribution in [2.24, 2.45) is 0 Å². The molecular formula is C19H24NaO3. The third-order valence-corrected chi connectivity index (χ3v) is 5.05. The van der Waals surface area contributed by atoms with E-state index in [0.717, 1.165) is 37.7 Å². The molecule has 1 atom stereocenters. The molecule has 3 nitrogen and oxygen atoms in total. The number of ether oxygens (including phenoxy) is 1. The molecule has 1 aromatic carbocycles. The summed E-state index contributed by atoms with van der Waals surface area (Å²) in [6.45, 7) is 2.04. The number of carbonyl (C=O) groups excluding carboxylic acids is 1. The molecule has 1 radical (unpaired) electrons. The first kappa shape index (κ1) is 18.6. The van der Waals surface area contributed by atoms with Gasteiger partial charge in [0, 0.05) is 41.9 Å². The average molecular weight is 323 g/mol. The van der Waals surface area contributed by atoms with Gasteiger partial charge in [-0.1, -0.05) is 43.7 Å². The number of aliphatic hydroxyl groups is 1. The van der Waals surface area contributed by atoms with Crippen LogP contribution in [0.1, 0.15) is 63.4 Å². The maximum atomic E-state index is 12.6. The zero-order valence-corrected chi connectivity index (χ0v) is 16.2. The third-order valence-electron chi connectivity index (χ3n) is 5.05. The maximum Gasteiger partial charge on any atom is 0.338 e. The summed E-state index contributed by atoms with van der Waals surface area (Å²) in [5.74, 6) is -0.162. The summed E-state index contributed by atoms with van der Waals surface area (Å²) in [6.07, 6.45) is 6.34. The molecule has 119 valence electrons. The van der Waals surface area contributed by atoms with Crippen molar-refractivity contribution in [1.82, 2.24) is 0 Å². The van der Waals surface area contributed by atoms with E-state index in [1.54, 1.807) is 0 Å². The summed E-state index contributed by atoms with van der Waals surface area (Å²) in [4.78, 5) is 12.6. The van der Waals surface area contributed by atoms with Crippen LogP contribution in [0.5, 0.6) is 0 Å². The number of hydrogen-bond donors (Lipinski definition) is 1. The molecule has 1 saturated carbocycles. The quantitative estimate of drug-likeness (QED) is 0.668. The summed E-state index contributed by atoms with van der Waals surface area (Å²) >= 11 is 0. The number of benzene rings is 1. The van der Waals surface area contributed by atoms with E-state index < -0.39 is 5.60 Å². The predicted octanol–water partition coefficient (Wildman–Crippen LogP) is 4.26. The Bertz CT molecular complexity index is 574. The Morgan fingerprint density at radius 3 is 2.39 bits per heavy atom. The second kappa shape index (κ2) is 7.87. The number of esters is 1. The van der Waals surface area contributed by atoms with E-state index in [1.165, 1.54) is 6.42 Å². The maximum absolute atomic E-state index is 12.6. The Labute approximate surface area is 160 Å². The zero-order valence-electron chi connectivity index (χ0n) is 14.2. The molecule has 1 unspecified atom stereocenters. The van der Waals surface area contributed by atoms with Crippen molar-refractivity contribution in [3.63, 3.8) is 0 Å². The van der Waals surface area contributed by atoms with Gasteiger partial charge in [0.15, 0.2) is 0 Å². The minimum atomic E-state index is -0.447. The van der Waals surface area contributed by atoms with Crippen LogP contribution in [0, 0.1) is 0 Å². The van der Waals surface area contributed by atoms with Gasteiger partial charge in [-0.25, -0.2) is 4.79 Å². The van der Waals surface area contributed by atoms with Gasteiger partial charge >= 0.3 is 5.97 Å². The SMILES string of the molecule is CCC(C1=C(O)CC2(CCCCC2)OC1=O)c1ccccc1.[Na]. The van der Waals surface area contributed by atoms with Gasteiger partial charge in [0.25, 0.3) is 0 Å². The van der Waals surface area contributed by atoms with Gasteiger partial charge in [-0.05, 0) is 37.7 Å². The molecule has 1 aliphatic heterocycles. The van der Waals surface area contributed by atoms with Gasteiger partial charge in [0.05, 0.1) is 5.57 Å². The largest absolute Gasteiger partial charge is 0.512 e. The minimum Gasteiger partial charge on any atom is -0.512 e. The normalized spacial score (nSPS) is 21.5. The first-order chi connectivity index (χ1) is 10.7. The molecule has 2 aliphatic rings. The molecule has 0 amide bonds. The Morgan fingerprint density at radius 1 is 1.17 bits per heavy atom. The van der Waals surface area contributed by atoms with E-state index in [2.05, 4.69) is 0 Å². The number of rotatable bonds is 3. The van der Waals surface area contributed by atoms with Crippen molar-refractivity contribution >= 4 is 35.5 Å². The topological polar surface area (TPSA) is 46.5 Å². The van der Waals surface area contributed by atoms with Crippen molar-refractivity contribution in [3.8, 4) is 0 Å². The monoisotopic (exact) mass is 323 g/mol. The van der Waals surface area contributed by atoms with Crippen molar-refractivity contribution in [2.75, 3.05) is 0 Å². The average Bonchev–Trinajstić information content (AvgIpc) is 2.52. The smallest absolute Gasteiger partial charge is 0.338 e. The van der Waals surface area contributed by atoms with E-state index in [4.69, 9.17) is 4.74 Å². The molecule has 1 aromatic rings. The summed E-state index contributed by atoms with van der Waals surface area (Å²) in [6, 6.07) is 9.90. The number of aliphatic hydroxyl groups excluding tert-OH is 1. The first-order valence-electron chi connectivity index (χ1n) is 8.35. The van der Waals surface area contributed by atoms with E-state index in [9.17, 15) is 9.90 Å². The summed E-state index contributed by atoms with van der Waals surface area (Å²) < 4.78 is 5.85. The zero-order chi connectivity index (χ0) is 15.6. The molecule has 0 saturated heterocycles. The molecule has 1 spiro atoms. The molecule has 1 fully saturated rings. The van der Waals surface area contributed by atoms with E-state index >= 15 is 0 Å². The van der Waals surface area contributed by atoms with Crippen LogP contribution in [0.25, 0.3) is 0 Å². The molecule has 23 heavy (non-hydrogen) atoms. The Kier molecular flexibility index (Phi) is 6.35. The Hall–Kier alpha value is -0.770. The van der Waals surface area contributed by atoms with Crippen molar-refractivity contribution in [2.45, 2.75) is 63.4 Å². The van der Waals surface area contributed by atoms with Gasteiger partial charge in [-0.2, -0.15) is 0 Å². The van der Waals surface area contributed by atoms with E-state index in [-0.39, 0.29) is 47.2 Å². The molecule has 1 aliphatic carbocycles. The Balaban J connectivity index is 0.00000192. The van der Waals surface area contributed by atoms with Crippen LogP contribution in [-0.4, -0.2) is 46.2 Å². The number of hydrogen-bond acceptors (Lipinski definition) is 3. The minimum absolute atomic E-state index is 0. The van der Waals surface area contributed by atoms with Crippen LogP contribution in [0.4, 0.5) is 0 Å². The Morgan fingerprint density at radius 2 is 1.83 bits per heavy atom. The van der Waals surface area contributed by atoms with Crippen LogP contribution >= 0.6 is 0 Å². The third kappa shape index (κ3) is 3.84. The van der Waals surface area contributed by atoms with Crippen molar-refractivity contribution in [1.29, 1.82) is 0 Å². The van der Waals surface area contributed by atoms with Crippen LogP contribution < -0.4 is 0 Å². The molecule has 1 N–H and O–H groups in total. The fraction of sp³-hybridized carbons (Fsp3) is 0.526. The van der Waals surface area contributed by atoms with Gasteiger partial charge in [-0.3, -0.25) is 0 Å². The summed E-state index contributed by atoms with van der Waals surface area (Å²) in [5, 5.41) is 10.6. The van der Waals surface area contributed by atoms with Crippen molar-refractivity contribution in [3.05, 3.63) is 47.2 Å². The van der Waals surface area contributed by atoms with Crippen LogP contribution in [-0.2, 0) is 9.53 Å². The van der Waals surface area contributed by atoms with Gasteiger partial charge in [0.1, 0.15) is 11.4 Å². The van der Waals surface area contributed by atoms with Crippen LogP contribution in [0.15, 0.2) is 41.7 Å². The van der Waals surface area contributed by atoms with E-state index in [1.807, 2.05) is 37.3 Å². The van der Waals surface area contributed by atoms with Crippen LogP contribution in [0.2, 0.25) is 0 Å². The predicted molar refractivity (Wildman–Crippen MR) is 91.4 cm³/mol. The van der Waals surface area contributed by atoms with Gasteiger partial charge < -0.3 is 9.84 Å². The number of carbonyl (C=O) groups is 1. The fourth-order valence-corrected chi connectivity index (χ4v) is 3.92. The van der Waals surface area contributed by atoms with Gasteiger partial charge in [-0.15, -0.1) is 0 Å². The second-order valence-electron chi connectivity index (χ2n) is 6.54. The molecule has 3 rings (SSSR count). The standard InChI is InChI=1S/C19H24O3.Na/c1-2-15(14-9-5-3-6-10-14)17-16(20)13-19(22-18(17)21)11-7-4-8-12-19;/h3,5-6,9-10,15,20H,2,4,7-8,11-13H2,1H3;. The molecule has 4 heteroatoms. The molecule has 1 heterocycles. The second-order valence-corrected chi connectivity index (χ2v) is 6.54. The fourth-order valence-electron chi connectivity index (χ4n) is 3.92. The molecule has 0 bridgehead atoms. The van der Waals surface area contributed by atoms with Crippen LogP contribution in [0.3, 0.4) is 0 Å². The first-order valence-corrected chi connectivity index (χ1v) is 8.35.